The highest BCUT2D eigenvalue weighted by molar-refractivity contribution is 9.09. The zero-order valence-electron chi connectivity index (χ0n) is 10.0. The summed E-state index contributed by atoms with van der Waals surface area (Å²) in [5.74, 6) is 1.14. The van der Waals surface area contributed by atoms with E-state index in [1.807, 2.05) is 11.8 Å². The second-order valence-corrected chi connectivity index (χ2v) is 6.04. The monoisotopic (exact) mass is 312 g/mol. The van der Waals surface area contributed by atoms with E-state index in [2.05, 4.69) is 51.0 Å². The number of fused-ring (bicyclic) bond motifs is 1. The minimum atomic E-state index is 1.05. The number of aromatic amines is 1. The summed E-state index contributed by atoms with van der Waals surface area (Å²) in [6.45, 7) is 2.10. The Hall–Kier alpha value is -0.480. The number of aromatic nitrogens is 2. The normalized spacial score (nSPS) is 11.2. The van der Waals surface area contributed by atoms with Gasteiger partial charge in [-0.25, -0.2) is 4.98 Å². The molecule has 1 aromatic carbocycles. The van der Waals surface area contributed by atoms with E-state index < -0.39 is 0 Å². The van der Waals surface area contributed by atoms with Crippen molar-refractivity contribution in [2.45, 2.75) is 31.3 Å². The topological polar surface area (TPSA) is 28.7 Å². The third-order valence-electron chi connectivity index (χ3n) is 2.63. The molecule has 4 heteroatoms. The molecule has 1 N–H and O–H groups in total. The number of benzene rings is 1. The van der Waals surface area contributed by atoms with Crippen molar-refractivity contribution in [3.05, 3.63) is 23.8 Å². The maximum absolute atomic E-state index is 4.57. The third-order valence-corrected chi connectivity index (χ3v) is 4.15. The highest BCUT2D eigenvalue weighted by Gasteiger charge is 2.02. The van der Waals surface area contributed by atoms with Crippen LogP contribution in [0.25, 0.3) is 11.0 Å². The average Bonchev–Trinajstić information content (AvgIpc) is 2.70. The van der Waals surface area contributed by atoms with Crippen LogP contribution in [-0.2, 0) is 0 Å². The molecule has 0 saturated carbocycles. The van der Waals surface area contributed by atoms with E-state index in [0.717, 1.165) is 27.3 Å². The maximum Gasteiger partial charge on any atom is 0.166 e. The van der Waals surface area contributed by atoms with Gasteiger partial charge >= 0.3 is 0 Å². The van der Waals surface area contributed by atoms with Gasteiger partial charge < -0.3 is 4.98 Å². The van der Waals surface area contributed by atoms with Crippen LogP contribution in [0.2, 0.25) is 0 Å². The summed E-state index contributed by atoms with van der Waals surface area (Å²) >= 11 is 5.27. The number of thioether (sulfide) groups is 1. The molecule has 2 nitrogen and oxygen atoms in total. The van der Waals surface area contributed by atoms with Gasteiger partial charge in [-0.05, 0) is 37.5 Å². The second kappa shape index (κ2) is 6.45. The molecule has 0 aliphatic carbocycles. The molecule has 0 aliphatic rings. The Kier molecular flexibility index (Phi) is 4.92. The van der Waals surface area contributed by atoms with Crippen molar-refractivity contribution < 1.29 is 0 Å². The number of nitrogens with zero attached hydrogens (tertiary/aromatic N) is 1. The van der Waals surface area contributed by atoms with Crippen LogP contribution in [0.5, 0.6) is 0 Å². The number of imidazole rings is 1. The van der Waals surface area contributed by atoms with E-state index in [1.54, 1.807) is 0 Å². The number of aryl methyl sites for hydroxylation is 1. The Balaban J connectivity index is 1.91. The van der Waals surface area contributed by atoms with Crippen LogP contribution in [0.1, 0.15) is 24.8 Å². The van der Waals surface area contributed by atoms with Gasteiger partial charge in [0, 0.05) is 11.1 Å². The van der Waals surface area contributed by atoms with E-state index in [-0.39, 0.29) is 0 Å². The lowest BCUT2D eigenvalue weighted by Gasteiger charge is -1.96. The molecule has 0 amide bonds. The molecule has 0 atom stereocenters. The number of alkyl halides is 1. The fourth-order valence-electron chi connectivity index (χ4n) is 1.71. The molecule has 17 heavy (non-hydrogen) atoms. The lowest BCUT2D eigenvalue weighted by atomic mass is 10.2. The number of unbranched alkanes of at least 4 members (excludes halogenated alkanes) is 2. The molecule has 0 radical (unpaired) electrons. The first-order chi connectivity index (χ1) is 8.29. The van der Waals surface area contributed by atoms with Crippen molar-refractivity contribution in [1.29, 1.82) is 0 Å². The van der Waals surface area contributed by atoms with Gasteiger partial charge in [-0.3, -0.25) is 0 Å². The highest BCUT2D eigenvalue weighted by Crippen LogP contribution is 2.21. The first-order valence-electron chi connectivity index (χ1n) is 5.95. The standard InChI is InChI=1S/C13H17BrN2S/c1-10-5-6-11-12(9-10)16-13(15-11)17-8-4-2-3-7-14/h5-6,9H,2-4,7-8H2,1H3,(H,15,16). The van der Waals surface area contributed by atoms with Crippen molar-refractivity contribution in [2.24, 2.45) is 0 Å². The van der Waals surface area contributed by atoms with Crippen LogP contribution >= 0.6 is 27.7 Å². The highest BCUT2D eigenvalue weighted by atomic mass is 79.9. The number of H-pyrrole nitrogens is 1. The van der Waals surface area contributed by atoms with Crippen LogP contribution in [-0.4, -0.2) is 21.1 Å². The molecule has 0 unspecified atom stereocenters. The van der Waals surface area contributed by atoms with Crippen LogP contribution in [0.15, 0.2) is 23.4 Å². The summed E-state index contributed by atoms with van der Waals surface area (Å²) in [5, 5.41) is 2.16. The molecule has 0 spiro atoms. The van der Waals surface area contributed by atoms with Crippen molar-refractivity contribution in [3.63, 3.8) is 0 Å². The van der Waals surface area contributed by atoms with Gasteiger partial charge in [0.2, 0.25) is 0 Å². The van der Waals surface area contributed by atoms with E-state index in [4.69, 9.17) is 0 Å². The largest absolute Gasteiger partial charge is 0.333 e. The number of hydrogen-bond acceptors (Lipinski definition) is 2. The first kappa shape index (κ1) is 13.0. The van der Waals surface area contributed by atoms with Crippen LogP contribution in [0.4, 0.5) is 0 Å². The molecule has 2 rings (SSSR count). The Morgan fingerprint density at radius 3 is 3.00 bits per heavy atom. The minimum Gasteiger partial charge on any atom is -0.333 e. The molecule has 1 heterocycles. The molecule has 0 saturated heterocycles. The molecule has 1 aromatic heterocycles. The van der Waals surface area contributed by atoms with Crippen LogP contribution in [0, 0.1) is 6.92 Å². The van der Waals surface area contributed by atoms with Crippen molar-refractivity contribution >= 4 is 38.7 Å². The maximum atomic E-state index is 4.57. The first-order valence-corrected chi connectivity index (χ1v) is 8.05. The van der Waals surface area contributed by atoms with Gasteiger partial charge in [-0.1, -0.05) is 40.2 Å². The Morgan fingerprint density at radius 1 is 1.29 bits per heavy atom. The molecular weight excluding hydrogens is 296 g/mol. The zero-order chi connectivity index (χ0) is 12.1. The van der Waals surface area contributed by atoms with E-state index in [9.17, 15) is 0 Å². The van der Waals surface area contributed by atoms with E-state index in [0.29, 0.717) is 0 Å². The lowest BCUT2D eigenvalue weighted by molar-refractivity contribution is 0.787. The summed E-state index contributed by atoms with van der Waals surface area (Å²) in [6.07, 6.45) is 3.81. The predicted octanol–water partition coefficient (Wildman–Crippen LogP) is 4.53. The Bertz CT molecular complexity index is 481. The predicted molar refractivity (Wildman–Crippen MR) is 79.2 cm³/mol. The molecule has 2 aromatic rings. The Labute approximate surface area is 115 Å². The SMILES string of the molecule is Cc1ccc2nc(SCCCCCBr)[nH]c2c1. The fraction of sp³-hybridized carbons (Fsp3) is 0.462. The van der Waals surface area contributed by atoms with Gasteiger partial charge in [0.15, 0.2) is 5.16 Å². The average molecular weight is 313 g/mol. The smallest absolute Gasteiger partial charge is 0.166 e. The fourth-order valence-corrected chi connectivity index (χ4v) is 2.99. The van der Waals surface area contributed by atoms with Gasteiger partial charge in [0.25, 0.3) is 0 Å². The molecule has 0 aliphatic heterocycles. The van der Waals surface area contributed by atoms with Gasteiger partial charge in [-0.15, -0.1) is 0 Å². The second-order valence-electron chi connectivity index (χ2n) is 4.16. The van der Waals surface area contributed by atoms with Gasteiger partial charge in [-0.2, -0.15) is 0 Å². The summed E-state index contributed by atoms with van der Waals surface area (Å²) in [5.41, 5.74) is 3.49. The molecule has 92 valence electrons. The molecule has 0 bridgehead atoms. The summed E-state index contributed by atoms with van der Waals surface area (Å²) in [7, 11) is 0. The molecular formula is C13H17BrN2S. The van der Waals surface area contributed by atoms with Gasteiger partial charge in [0.1, 0.15) is 0 Å². The number of halogens is 1. The number of nitrogens with one attached hydrogen (secondary N) is 1. The zero-order valence-corrected chi connectivity index (χ0v) is 12.4. The van der Waals surface area contributed by atoms with Gasteiger partial charge in [0.05, 0.1) is 11.0 Å². The number of hydrogen-bond donors (Lipinski definition) is 1. The summed E-state index contributed by atoms with van der Waals surface area (Å²) in [6, 6.07) is 6.33. The van der Waals surface area contributed by atoms with Crippen molar-refractivity contribution in [3.8, 4) is 0 Å². The quantitative estimate of drug-likeness (QED) is 0.482. The van der Waals surface area contributed by atoms with Crippen molar-refractivity contribution in [2.75, 3.05) is 11.1 Å². The Morgan fingerprint density at radius 2 is 2.18 bits per heavy atom. The summed E-state index contributed by atoms with van der Waals surface area (Å²) < 4.78 is 0. The van der Waals surface area contributed by atoms with Crippen LogP contribution < -0.4 is 0 Å². The third kappa shape index (κ3) is 3.75. The summed E-state index contributed by atoms with van der Waals surface area (Å²) in [4.78, 5) is 7.94. The number of rotatable bonds is 6. The van der Waals surface area contributed by atoms with Crippen molar-refractivity contribution in [1.82, 2.24) is 9.97 Å². The lowest BCUT2D eigenvalue weighted by Crippen LogP contribution is -1.83. The van der Waals surface area contributed by atoms with Crippen LogP contribution in [0.3, 0.4) is 0 Å². The molecule has 0 fully saturated rings. The van der Waals surface area contributed by atoms with E-state index >= 15 is 0 Å². The minimum absolute atomic E-state index is 1.05. The van der Waals surface area contributed by atoms with E-state index in [1.165, 1.54) is 24.8 Å².